The highest BCUT2D eigenvalue weighted by Gasteiger charge is 2.22. The molecule has 0 spiro atoms. The Balaban J connectivity index is 1.31. The molecule has 0 amide bonds. The van der Waals surface area contributed by atoms with E-state index in [0.29, 0.717) is 30.8 Å². The third kappa shape index (κ3) is 5.63. The van der Waals surface area contributed by atoms with E-state index in [9.17, 15) is 4.39 Å². The molecule has 4 rings (SSSR count). The van der Waals surface area contributed by atoms with E-state index in [1.54, 1.807) is 13.1 Å². The summed E-state index contributed by atoms with van der Waals surface area (Å²) in [5.41, 5.74) is 2.88. The van der Waals surface area contributed by atoms with Crippen molar-refractivity contribution in [2.45, 2.75) is 32.4 Å². The second kappa shape index (κ2) is 9.64. The lowest BCUT2D eigenvalue weighted by Gasteiger charge is -2.18. The fourth-order valence-electron chi connectivity index (χ4n) is 3.26. The summed E-state index contributed by atoms with van der Waals surface area (Å²) < 4.78 is 20.0. The maximum absolute atomic E-state index is 14.4. The van der Waals surface area contributed by atoms with Gasteiger partial charge in [-0.2, -0.15) is 0 Å². The highest BCUT2D eigenvalue weighted by Crippen LogP contribution is 2.30. The smallest absolute Gasteiger partial charge is 0.191 e. The topological polar surface area (TPSA) is 74.3 Å². The SMILES string of the molecule is CN=C(NCc1ncc(-c2ccccc2)[nH]1)NC(C)c1ccc(OCC2CC2)c(F)c1. The lowest BCUT2D eigenvalue weighted by molar-refractivity contribution is 0.285. The Morgan fingerprint density at radius 2 is 2.06 bits per heavy atom. The molecule has 31 heavy (non-hydrogen) atoms. The standard InChI is InChI=1S/C24H28FN5O/c1-16(19-10-11-22(20(25)12-19)31-15-17-8-9-17)29-24(26-2)28-14-23-27-13-21(30-23)18-6-4-3-5-7-18/h3-7,10-13,16-17H,8-9,14-15H2,1-2H3,(H,27,30)(H2,26,28,29). The van der Waals surface area contributed by atoms with Crippen LogP contribution in [0.5, 0.6) is 5.75 Å². The summed E-state index contributed by atoms with van der Waals surface area (Å²) in [4.78, 5) is 12.0. The van der Waals surface area contributed by atoms with Gasteiger partial charge in [0.2, 0.25) is 0 Å². The van der Waals surface area contributed by atoms with Gasteiger partial charge in [0.05, 0.1) is 31.1 Å². The Morgan fingerprint density at radius 3 is 2.77 bits per heavy atom. The van der Waals surface area contributed by atoms with Gasteiger partial charge < -0.3 is 20.4 Å². The lowest BCUT2D eigenvalue weighted by atomic mass is 10.1. The minimum absolute atomic E-state index is 0.130. The van der Waals surface area contributed by atoms with Gasteiger partial charge in [-0.3, -0.25) is 4.99 Å². The highest BCUT2D eigenvalue weighted by molar-refractivity contribution is 5.80. The first-order valence-electron chi connectivity index (χ1n) is 10.6. The first-order chi connectivity index (χ1) is 15.1. The zero-order valence-electron chi connectivity index (χ0n) is 17.9. The van der Waals surface area contributed by atoms with Gasteiger partial charge in [0.25, 0.3) is 0 Å². The summed E-state index contributed by atoms with van der Waals surface area (Å²) in [6.45, 7) is 3.05. The molecule has 1 aromatic heterocycles. The number of aromatic nitrogens is 2. The van der Waals surface area contributed by atoms with Crippen molar-refractivity contribution in [2.75, 3.05) is 13.7 Å². The van der Waals surface area contributed by atoms with Crippen molar-refractivity contribution in [3.05, 3.63) is 71.9 Å². The van der Waals surface area contributed by atoms with Gasteiger partial charge >= 0.3 is 0 Å². The largest absolute Gasteiger partial charge is 0.490 e. The van der Waals surface area contributed by atoms with Crippen LogP contribution in [0.1, 0.15) is 37.2 Å². The molecule has 1 aliphatic rings. The van der Waals surface area contributed by atoms with Crippen LogP contribution in [0.15, 0.2) is 59.7 Å². The lowest BCUT2D eigenvalue weighted by Crippen LogP contribution is -2.38. The number of hydrogen-bond acceptors (Lipinski definition) is 3. The van der Waals surface area contributed by atoms with Gasteiger partial charge in [-0.15, -0.1) is 0 Å². The Labute approximate surface area is 182 Å². The first kappa shape index (κ1) is 20.9. The molecule has 162 valence electrons. The molecular weight excluding hydrogens is 393 g/mol. The van der Waals surface area contributed by atoms with Crippen LogP contribution in [-0.2, 0) is 6.54 Å². The predicted octanol–water partition coefficient (Wildman–Crippen LogP) is 4.43. The average molecular weight is 422 g/mol. The molecule has 1 saturated carbocycles. The fourth-order valence-corrected chi connectivity index (χ4v) is 3.26. The number of ether oxygens (including phenoxy) is 1. The normalized spacial score (nSPS) is 14.9. The Bertz CT molecular complexity index is 1030. The van der Waals surface area contributed by atoms with Crippen LogP contribution in [-0.4, -0.2) is 29.6 Å². The van der Waals surface area contributed by atoms with Gasteiger partial charge in [-0.05, 0) is 48.9 Å². The molecule has 1 atom stereocenters. The maximum atomic E-state index is 14.4. The Morgan fingerprint density at radius 1 is 1.26 bits per heavy atom. The van der Waals surface area contributed by atoms with Crippen LogP contribution in [0.25, 0.3) is 11.3 Å². The fraction of sp³-hybridized carbons (Fsp3) is 0.333. The summed E-state index contributed by atoms with van der Waals surface area (Å²) in [5.74, 6) is 1.99. The molecular formula is C24H28FN5O. The van der Waals surface area contributed by atoms with Gasteiger partial charge in [-0.1, -0.05) is 36.4 Å². The minimum Gasteiger partial charge on any atom is -0.490 e. The molecule has 1 aliphatic carbocycles. The van der Waals surface area contributed by atoms with Crippen molar-refractivity contribution < 1.29 is 9.13 Å². The van der Waals surface area contributed by atoms with Crippen molar-refractivity contribution in [3.8, 4) is 17.0 Å². The molecule has 7 heteroatoms. The van der Waals surface area contributed by atoms with E-state index in [0.717, 1.165) is 22.6 Å². The number of aromatic amines is 1. The molecule has 0 saturated heterocycles. The number of H-pyrrole nitrogens is 1. The zero-order chi connectivity index (χ0) is 21.6. The number of benzene rings is 2. The third-order valence-electron chi connectivity index (χ3n) is 5.34. The van der Waals surface area contributed by atoms with Crippen LogP contribution in [0, 0.1) is 11.7 Å². The van der Waals surface area contributed by atoms with Crippen molar-refractivity contribution in [3.63, 3.8) is 0 Å². The van der Waals surface area contributed by atoms with E-state index < -0.39 is 0 Å². The quantitative estimate of drug-likeness (QED) is 0.372. The van der Waals surface area contributed by atoms with Crippen LogP contribution in [0.4, 0.5) is 4.39 Å². The van der Waals surface area contributed by atoms with Crippen LogP contribution >= 0.6 is 0 Å². The molecule has 6 nitrogen and oxygen atoms in total. The van der Waals surface area contributed by atoms with Gasteiger partial charge in [0.1, 0.15) is 5.82 Å². The number of rotatable bonds is 8. The molecule has 2 aromatic carbocycles. The van der Waals surface area contributed by atoms with E-state index in [2.05, 4.69) is 25.6 Å². The van der Waals surface area contributed by atoms with Crippen molar-refractivity contribution in [1.29, 1.82) is 0 Å². The number of hydrogen-bond donors (Lipinski definition) is 3. The maximum Gasteiger partial charge on any atom is 0.191 e. The summed E-state index contributed by atoms with van der Waals surface area (Å²) in [6, 6.07) is 15.0. The number of nitrogens with zero attached hydrogens (tertiary/aromatic N) is 2. The summed E-state index contributed by atoms with van der Waals surface area (Å²) in [5, 5.41) is 6.53. The van der Waals surface area contributed by atoms with Gasteiger partial charge in [0, 0.05) is 7.05 Å². The van der Waals surface area contributed by atoms with Crippen molar-refractivity contribution in [2.24, 2.45) is 10.9 Å². The summed E-state index contributed by atoms with van der Waals surface area (Å²) in [7, 11) is 1.70. The molecule has 1 fully saturated rings. The molecule has 3 N–H and O–H groups in total. The highest BCUT2D eigenvalue weighted by atomic mass is 19.1. The predicted molar refractivity (Wildman–Crippen MR) is 120 cm³/mol. The summed E-state index contributed by atoms with van der Waals surface area (Å²) in [6.07, 6.45) is 4.18. The molecule has 0 aliphatic heterocycles. The second-order valence-corrected chi connectivity index (χ2v) is 7.85. The zero-order valence-corrected chi connectivity index (χ0v) is 17.9. The van der Waals surface area contributed by atoms with E-state index in [4.69, 9.17) is 4.74 Å². The van der Waals surface area contributed by atoms with Crippen molar-refractivity contribution >= 4 is 5.96 Å². The minimum atomic E-state index is -0.334. The Hall–Kier alpha value is -3.35. The number of halogens is 1. The van der Waals surface area contributed by atoms with Gasteiger partial charge in [-0.25, -0.2) is 9.37 Å². The molecule has 1 heterocycles. The average Bonchev–Trinajstić information content (AvgIpc) is 3.51. The second-order valence-electron chi connectivity index (χ2n) is 7.85. The number of guanidine groups is 1. The van der Waals surface area contributed by atoms with Crippen LogP contribution in [0.3, 0.4) is 0 Å². The van der Waals surface area contributed by atoms with Gasteiger partial charge in [0.15, 0.2) is 17.5 Å². The number of nitrogens with one attached hydrogen (secondary N) is 3. The molecule has 0 radical (unpaired) electrons. The first-order valence-corrected chi connectivity index (χ1v) is 10.6. The molecule has 0 bridgehead atoms. The van der Waals surface area contributed by atoms with E-state index >= 15 is 0 Å². The van der Waals surface area contributed by atoms with E-state index in [1.165, 1.54) is 18.9 Å². The van der Waals surface area contributed by atoms with E-state index in [1.807, 2.05) is 49.5 Å². The van der Waals surface area contributed by atoms with Crippen molar-refractivity contribution in [1.82, 2.24) is 20.6 Å². The number of aliphatic imine (C=N–C) groups is 1. The summed E-state index contributed by atoms with van der Waals surface area (Å²) >= 11 is 0. The Kier molecular flexibility index (Phi) is 6.50. The molecule has 3 aromatic rings. The molecule has 1 unspecified atom stereocenters. The van der Waals surface area contributed by atoms with Crippen LogP contribution < -0.4 is 15.4 Å². The monoisotopic (exact) mass is 421 g/mol. The number of imidazole rings is 1. The third-order valence-corrected chi connectivity index (χ3v) is 5.34. The van der Waals surface area contributed by atoms with E-state index in [-0.39, 0.29) is 11.9 Å². The van der Waals surface area contributed by atoms with Crippen LogP contribution in [0.2, 0.25) is 0 Å².